The van der Waals surface area contributed by atoms with Crippen molar-refractivity contribution in [1.82, 2.24) is 0 Å². The van der Waals surface area contributed by atoms with Crippen molar-refractivity contribution >= 4 is 5.91 Å². The molecule has 1 aliphatic carbocycles. The van der Waals surface area contributed by atoms with Gasteiger partial charge in [0, 0.05) is 5.57 Å². The van der Waals surface area contributed by atoms with E-state index in [2.05, 4.69) is 0 Å². The Morgan fingerprint density at radius 3 is 2.91 bits per heavy atom. The summed E-state index contributed by atoms with van der Waals surface area (Å²) in [6.45, 7) is 0. The highest BCUT2D eigenvalue weighted by atomic mass is 16.1. The predicted molar refractivity (Wildman–Crippen MR) is 44.8 cm³/mol. The maximum atomic E-state index is 10.7. The number of primary amides is 1. The molecular formula is C9H11NO. The van der Waals surface area contributed by atoms with Crippen LogP contribution in [0.1, 0.15) is 12.8 Å². The van der Waals surface area contributed by atoms with Crippen LogP contribution in [0.5, 0.6) is 0 Å². The van der Waals surface area contributed by atoms with Crippen LogP contribution >= 0.6 is 0 Å². The summed E-state index contributed by atoms with van der Waals surface area (Å²) in [6, 6.07) is 0. The summed E-state index contributed by atoms with van der Waals surface area (Å²) in [4.78, 5) is 10.7. The molecule has 0 atom stereocenters. The largest absolute Gasteiger partial charge is 0.366 e. The molecule has 0 bridgehead atoms. The van der Waals surface area contributed by atoms with Crippen LogP contribution in [0.2, 0.25) is 0 Å². The molecule has 0 heterocycles. The van der Waals surface area contributed by atoms with Gasteiger partial charge in [-0.1, -0.05) is 30.4 Å². The van der Waals surface area contributed by atoms with Crippen molar-refractivity contribution in [3.05, 3.63) is 36.0 Å². The highest BCUT2D eigenvalue weighted by molar-refractivity contribution is 5.92. The molecule has 0 aromatic heterocycles. The Hall–Kier alpha value is -1.31. The van der Waals surface area contributed by atoms with Gasteiger partial charge in [-0.15, -0.1) is 0 Å². The van der Waals surface area contributed by atoms with Crippen molar-refractivity contribution in [2.75, 3.05) is 0 Å². The number of nitrogens with two attached hydrogens (primary N) is 1. The van der Waals surface area contributed by atoms with E-state index < -0.39 is 0 Å². The first-order valence-corrected chi connectivity index (χ1v) is 3.63. The highest BCUT2D eigenvalue weighted by Crippen LogP contribution is 2.07. The summed E-state index contributed by atoms with van der Waals surface area (Å²) in [5, 5.41) is 0. The van der Waals surface area contributed by atoms with Crippen LogP contribution in [0.15, 0.2) is 36.0 Å². The smallest absolute Gasteiger partial charge is 0.244 e. The number of allylic oxidation sites excluding steroid dienone is 5. The molecule has 1 amide bonds. The van der Waals surface area contributed by atoms with Crippen molar-refractivity contribution in [2.24, 2.45) is 5.73 Å². The molecule has 2 nitrogen and oxygen atoms in total. The van der Waals surface area contributed by atoms with E-state index in [1.165, 1.54) is 0 Å². The summed E-state index contributed by atoms with van der Waals surface area (Å²) >= 11 is 0. The molecule has 1 aliphatic rings. The molecule has 0 spiro atoms. The lowest BCUT2D eigenvalue weighted by molar-refractivity contribution is -0.114. The second-order valence-corrected chi connectivity index (χ2v) is 2.41. The lowest BCUT2D eigenvalue weighted by Gasteiger charge is -1.99. The fourth-order valence-corrected chi connectivity index (χ4v) is 0.938. The van der Waals surface area contributed by atoms with Crippen LogP contribution < -0.4 is 5.73 Å². The minimum atomic E-state index is -0.315. The Bertz CT molecular complexity index is 236. The maximum absolute atomic E-state index is 10.7. The number of carbonyl (C=O) groups is 1. The zero-order valence-electron chi connectivity index (χ0n) is 6.29. The van der Waals surface area contributed by atoms with E-state index in [9.17, 15) is 4.79 Å². The van der Waals surface area contributed by atoms with Crippen molar-refractivity contribution in [2.45, 2.75) is 12.8 Å². The van der Waals surface area contributed by atoms with Gasteiger partial charge in [0.05, 0.1) is 0 Å². The van der Waals surface area contributed by atoms with Crippen molar-refractivity contribution in [1.29, 1.82) is 0 Å². The van der Waals surface area contributed by atoms with E-state index in [0.29, 0.717) is 5.57 Å². The van der Waals surface area contributed by atoms with Crippen molar-refractivity contribution in [3.8, 4) is 0 Å². The van der Waals surface area contributed by atoms with E-state index in [1.807, 2.05) is 24.3 Å². The quantitative estimate of drug-likeness (QED) is 0.600. The first kappa shape index (κ1) is 7.79. The van der Waals surface area contributed by atoms with Gasteiger partial charge in [0.1, 0.15) is 0 Å². The lowest BCUT2D eigenvalue weighted by atomic mass is 10.1. The number of carbonyl (C=O) groups excluding carboxylic acids is 1. The third kappa shape index (κ3) is 2.42. The zero-order chi connectivity index (χ0) is 8.10. The minimum Gasteiger partial charge on any atom is -0.366 e. The van der Waals surface area contributed by atoms with E-state index in [4.69, 9.17) is 5.73 Å². The molecule has 2 heteroatoms. The molecule has 0 radical (unpaired) electrons. The minimum absolute atomic E-state index is 0.315. The molecule has 0 unspecified atom stereocenters. The Morgan fingerprint density at radius 1 is 1.36 bits per heavy atom. The van der Waals surface area contributed by atoms with Gasteiger partial charge in [-0.3, -0.25) is 4.79 Å². The monoisotopic (exact) mass is 149 g/mol. The second-order valence-electron chi connectivity index (χ2n) is 2.41. The van der Waals surface area contributed by atoms with E-state index in [1.54, 1.807) is 6.08 Å². The fourth-order valence-electron chi connectivity index (χ4n) is 0.938. The van der Waals surface area contributed by atoms with Crippen LogP contribution in [-0.4, -0.2) is 5.91 Å². The van der Waals surface area contributed by atoms with Gasteiger partial charge in [0.2, 0.25) is 5.91 Å². The summed E-state index contributed by atoms with van der Waals surface area (Å²) in [5.41, 5.74) is 5.82. The Kier molecular flexibility index (Phi) is 2.66. The van der Waals surface area contributed by atoms with Crippen molar-refractivity contribution < 1.29 is 4.79 Å². The Labute approximate surface area is 66.1 Å². The molecule has 58 valence electrons. The van der Waals surface area contributed by atoms with Gasteiger partial charge in [-0.05, 0) is 12.8 Å². The maximum Gasteiger partial charge on any atom is 0.244 e. The average molecular weight is 149 g/mol. The van der Waals surface area contributed by atoms with Gasteiger partial charge in [-0.2, -0.15) is 0 Å². The van der Waals surface area contributed by atoms with Gasteiger partial charge >= 0.3 is 0 Å². The Morgan fingerprint density at radius 2 is 2.18 bits per heavy atom. The van der Waals surface area contributed by atoms with Gasteiger partial charge < -0.3 is 5.73 Å². The van der Waals surface area contributed by atoms with Crippen LogP contribution in [0, 0.1) is 0 Å². The Balaban J connectivity index is 2.73. The number of rotatable bonds is 1. The lowest BCUT2D eigenvalue weighted by Crippen LogP contribution is -2.13. The van der Waals surface area contributed by atoms with Gasteiger partial charge in [0.15, 0.2) is 0 Å². The van der Waals surface area contributed by atoms with Gasteiger partial charge in [-0.25, -0.2) is 0 Å². The third-order valence-corrected chi connectivity index (χ3v) is 1.55. The summed E-state index contributed by atoms with van der Waals surface area (Å²) in [5.74, 6) is -0.315. The zero-order valence-corrected chi connectivity index (χ0v) is 6.29. The topological polar surface area (TPSA) is 43.1 Å². The highest BCUT2D eigenvalue weighted by Gasteiger charge is 2.01. The molecule has 0 fully saturated rings. The molecule has 0 saturated heterocycles. The van der Waals surface area contributed by atoms with Crippen LogP contribution in [-0.2, 0) is 4.79 Å². The molecule has 2 N–H and O–H groups in total. The van der Waals surface area contributed by atoms with Crippen molar-refractivity contribution in [3.63, 3.8) is 0 Å². The second kappa shape index (κ2) is 3.76. The first-order valence-electron chi connectivity index (χ1n) is 3.63. The summed E-state index contributed by atoms with van der Waals surface area (Å²) in [7, 11) is 0. The summed E-state index contributed by atoms with van der Waals surface area (Å²) < 4.78 is 0. The molecule has 0 saturated carbocycles. The molecule has 0 aromatic carbocycles. The molecule has 0 aromatic rings. The van der Waals surface area contributed by atoms with E-state index in [0.717, 1.165) is 12.8 Å². The van der Waals surface area contributed by atoms with E-state index in [-0.39, 0.29) is 5.91 Å². The molecular weight excluding hydrogens is 138 g/mol. The number of amides is 1. The number of hydrogen-bond donors (Lipinski definition) is 1. The van der Waals surface area contributed by atoms with Crippen LogP contribution in [0.4, 0.5) is 0 Å². The predicted octanol–water partition coefficient (Wildman–Crippen LogP) is 1.30. The normalized spacial score (nSPS) is 27.5. The standard InChI is InChI=1S/C9H11NO/c10-9(11)8-6-4-2-1-3-5-7-8/h1-4,6H,5,7H2,(H2,10,11)/b3-1-,4-2-,8-6+. The van der Waals surface area contributed by atoms with Crippen LogP contribution in [0.3, 0.4) is 0 Å². The fraction of sp³-hybridized carbons (Fsp3) is 0.222. The molecule has 0 aliphatic heterocycles. The van der Waals surface area contributed by atoms with E-state index >= 15 is 0 Å². The average Bonchev–Trinajstić information content (AvgIpc) is 1.84. The summed E-state index contributed by atoms with van der Waals surface area (Å²) in [6.07, 6.45) is 11.1. The van der Waals surface area contributed by atoms with Crippen LogP contribution in [0.25, 0.3) is 0 Å². The SMILES string of the molecule is NC(=O)/C1=C/C=C\C=C/CC1. The molecule has 1 rings (SSSR count). The first-order chi connectivity index (χ1) is 5.30. The molecule has 11 heavy (non-hydrogen) atoms. The third-order valence-electron chi connectivity index (χ3n) is 1.55. The van der Waals surface area contributed by atoms with Gasteiger partial charge in [0.25, 0.3) is 0 Å². The number of hydrogen-bond acceptors (Lipinski definition) is 1.